The molecule has 1 heterocycles. The summed E-state index contributed by atoms with van der Waals surface area (Å²) in [6.07, 6.45) is 6.00. The molecule has 0 amide bonds. The minimum atomic E-state index is 0.657. The van der Waals surface area contributed by atoms with Crippen LogP contribution in [-0.4, -0.2) is 36.1 Å². The van der Waals surface area contributed by atoms with Crippen molar-refractivity contribution in [2.24, 2.45) is 0 Å². The molecular formula is C12H16N4. The lowest BCUT2D eigenvalue weighted by atomic mass is 10.2. The van der Waals surface area contributed by atoms with E-state index in [1.165, 1.54) is 12.8 Å². The lowest BCUT2D eigenvalue weighted by Crippen LogP contribution is -2.27. The van der Waals surface area contributed by atoms with Crippen molar-refractivity contribution in [1.82, 2.24) is 9.88 Å². The van der Waals surface area contributed by atoms with Crippen LogP contribution in [0.2, 0.25) is 0 Å². The molecule has 0 aromatic carbocycles. The van der Waals surface area contributed by atoms with Gasteiger partial charge < -0.3 is 10.2 Å². The molecule has 4 nitrogen and oxygen atoms in total. The Hall–Kier alpha value is -1.60. The lowest BCUT2D eigenvalue weighted by Gasteiger charge is -2.16. The Bertz CT molecular complexity index is 392. The van der Waals surface area contributed by atoms with Crippen molar-refractivity contribution < 1.29 is 0 Å². The van der Waals surface area contributed by atoms with E-state index < -0.39 is 0 Å². The number of nitrogens with zero attached hydrogens (tertiary/aromatic N) is 3. The highest BCUT2D eigenvalue weighted by molar-refractivity contribution is 5.55. The van der Waals surface area contributed by atoms with Crippen molar-refractivity contribution in [3.05, 3.63) is 24.0 Å². The summed E-state index contributed by atoms with van der Waals surface area (Å²) in [5, 5.41) is 12.1. The average molecular weight is 216 g/mol. The highest BCUT2D eigenvalue weighted by atomic mass is 15.2. The van der Waals surface area contributed by atoms with Gasteiger partial charge in [0.15, 0.2) is 0 Å². The molecule has 1 fully saturated rings. The largest absolute Gasteiger partial charge is 0.381 e. The zero-order valence-electron chi connectivity index (χ0n) is 9.48. The van der Waals surface area contributed by atoms with Crippen LogP contribution in [0.3, 0.4) is 0 Å². The zero-order valence-corrected chi connectivity index (χ0v) is 9.48. The van der Waals surface area contributed by atoms with Crippen LogP contribution in [0.4, 0.5) is 5.69 Å². The predicted octanol–water partition coefficient (Wildman–Crippen LogP) is 1.46. The third-order valence-corrected chi connectivity index (χ3v) is 2.89. The van der Waals surface area contributed by atoms with E-state index in [0.29, 0.717) is 5.56 Å². The minimum Gasteiger partial charge on any atom is -0.381 e. The minimum absolute atomic E-state index is 0.657. The molecule has 0 bridgehead atoms. The molecule has 1 aromatic rings. The summed E-state index contributed by atoms with van der Waals surface area (Å²) in [7, 11) is 2.15. The number of nitrogens with one attached hydrogen (secondary N) is 1. The summed E-state index contributed by atoms with van der Waals surface area (Å²) in [5.41, 5.74) is 1.48. The van der Waals surface area contributed by atoms with Crippen LogP contribution >= 0.6 is 0 Å². The van der Waals surface area contributed by atoms with Crippen molar-refractivity contribution in [3.63, 3.8) is 0 Å². The van der Waals surface area contributed by atoms with E-state index in [1.54, 1.807) is 18.5 Å². The Balaban J connectivity index is 1.82. The van der Waals surface area contributed by atoms with Crippen molar-refractivity contribution in [2.45, 2.75) is 18.9 Å². The van der Waals surface area contributed by atoms with Gasteiger partial charge in [-0.3, -0.25) is 4.98 Å². The summed E-state index contributed by atoms with van der Waals surface area (Å²) >= 11 is 0. The number of hydrogen-bond donors (Lipinski definition) is 1. The number of nitriles is 1. The molecule has 84 valence electrons. The second-order valence-corrected chi connectivity index (χ2v) is 4.17. The van der Waals surface area contributed by atoms with Crippen molar-refractivity contribution in [1.29, 1.82) is 5.26 Å². The van der Waals surface area contributed by atoms with Gasteiger partial charge in [0.05, 0.1) is 17.4 Å². The van der Waals surface area contributed by atoms with E-state index in [-0.39, 0.29) is 0 Å². The summed E-state index contributed by atoms with van der Waals surface area (Å²) in [6, 6.07) is 4.67. The number of likely N-dealkylation sites (N-methyl/N-ethyl adjacent to an activating group) is 1. The van der Waals surface area contributed by atoms with Gasteiger partial charge in [-0.25, -0.2) is 0 Å². The van der Waals surface area contributed by atoms with E-state index in [2.05, 4.69) is 28.3 Å². The van der Waals surface area contributed by atoms with Crippen LogP contribution in [-0.2, 0) is 0 Å². The highest BCUT2D eigenvalue weighted by Crippen LogP contribution is 2.24. The number of aromatic nitrogens is 1. The Morgan fingerprint density at radius 2 is 2.44 bits per heavy atom. The zero-order chi connectivity index (χ0) is 11.4. The summed E-state index contributed by atoms with van der Waals surface area (Å²) in [6.45, 7) is 1.86. The fourth-order valence-corrected chi connectivity index (χ4v) is 1.70. The van der Waals surface area contributed by atoms with E-state index >= 15 is 0 Å². The number of rotatable bonds is 5. The average Bonchev–Trinajstić information content (AvgIpc) is 3.13. The van der Waals surface area contributed by atoms with Crippen LogP contribution in [0.25, 0.3) is 0 Å². The topological polar surface area (TPSA) is 52.0 Å². The van der Waals surface area contributed by atoms with Crippen LogP contribution in [0, 0.1) is 11.3 Å². The third-order valence-electron chi connectivity index (χ3n) is 2.89. The second kappa shape index (κ2) is 4.95. The van der Waals surface area contributed by atoms with Gasteiger partial charge in [-0.15, -0.1) is 0 Å². The maximum Gasteiger partial charge on any atom is 0.101 e. The SMILES string of the molecule is CN(CCNc1cnccc1C#N)C1CC1. The standard InChI is InChI=1S/C12H16N4/c1-16(11-2-3-11)7-6-15-12-9-14-5-4-10(12)8-13/h4-5,9,11,15H,2-3,6-7H2,1H3. The molecule has 1 aliphatic carbocycles. The Morgan fingerprint density at radius 1 is 1.62 bits per heavy atom. The summed E-state index contributed by atoms with van der Waals surface area (Å²) in [4.78, 5) is 6.37. The molecule has 2 rings (SSSR count). The van der Waals surface area contributed by atoms with Crippen LogP contribution in [0.5, 0.6) is 0 Å². The number of hydrogen-bond acceptors (Lipinski definition) is 4. The van der Waals surface area contributed by atoms with E-state index in [0.717, 1.165) is 24.8 Å². The summed E-state index contributed by atoms with van der Waals surface area (Å²) in [5.74, 6) is 0. The molecular weight excluding hydrogens is 200 g/mol. The van der Waals surface area contributed by atoms with Gasteiger partial charge in [0.2, 0.25) is 0 Å². The first-order valence-corrected chi connectivity index (χ1v) is 5.59. The van der Waals surface area contributed by atoms with Gasteiger partial charge >= 0.3 is 0 Å². The van der Waals surface area contributed by atoms with Gasteiger partial charge in [0.25, 0.3) is 0 Å². The Morgan fingerprint density at radius 3 is 3.12 bits per heavy atom. The van der Waals surface area contributed by atoms with Gasteiger partial charge in [-0.2, -0.15) is 5.26 Å². The van der Waals surface area contributed by atoms with Crippen LogP contribution in [0.15, 0.2) is 18.5 Å². The van der Waals surface area contributed by atoms with E-state index in [9.17, 15) is 0 Å². The van der Waals surface area contributed by atoms with Crippen molar-refractivity contribution in [2.75, 3.05) is 25.5 Å². The van der Waals surface area contributed by atoms with Crippen molar-refractivity contribution in [3.8, 4) is 6.07 Å². The third kappa shape index (κ3) is 2.71. The Labute approximate surface area is 95.9 Å². The number of anilines is 1. The first-order valence-electron chi connectivity index (χ1n) is 5.59. The molecule has 1 saturated carbocycles. The van der Waals surface area contributed by atoms with Crippen LogP contribution < -0.4 is 5.32 Å². The molecule has 0 aliphatic heterocycles. The van der Waals surface area contributed by atoms with Gasteiger partial charge in [-0.1, -0.05) is 0 Å². The normalized spacial score (nSPS) is 14.8. The van der Waals surface area contributed by atoms with Crippen LogP contribution in [0.1, 0.15) is 18.4 Å². The molecule has 0 saturated heterocycles. The second-order valence-electron chi connectivity index (χ2n) is 4.17. The molecule has 0 radical (unpaired) electrons. The molecule has 0 unspecified atom stereocenters. The fourth-order valence-electron chi connectivity index (χ4n) is 1.70. The highest BCUT2D eigenvalue weighted by Gasteiger charge is 2.25. The van der Waals surface area contributed by atoms with E-state index in [4.69, 9.17) is 5.26 Å². The first-order chi connectivity index (χ1) is 7.81. The molecule has 1 N–H and O–H groups in total. The molecule has 0 atom stereocenters. The number of pyridine rings is 1. The van der Waals surface area contributed by atoms with Crippen molar-refractivity contribution >= 4 is 5.69 Å². The smallest absolute Gasteiger partial charge is 0.101 e. The maximum atomic E-state index is 8.90. The monoisotopic (exact) mass is 216 g/mol. The predicted molar refractivity (Wildman–Crippen MR) is 63.1 cm³/mol. The van der Waals surface area contributed by atoms with Gasteiger partial charge in [-0.05, 0) is 26.0 Å². The lowest BCUT2D eigenvalue weighted by molar-refractivity contribution is 0.337. The Kier molecular flexibility index (Phi) is 3.37. The van der Waals surface area contributed by atoms with Gasteiger partial charge in [0.1, 0.15) is 6.07 Å². The molecule has 0 spiro atoms. The van der Waals surface area contributed by atoms with E-state index in [1.807, 2.05) is 0 Å². The molecule has 4 heteroatoms. The molecule has 16 heavy (non-hydrogen) atoms. The molecule has 1 aliphatic rings. The first kappa shape index (κ1) is 10.9. The quantitative estimate of drug-likeness (QED) is 0.809. The molecule has 1 aromatic heterocycles. The summed E-state index contributed by atoms with van der Waals surface area (Å²) < 4.78 is 0. The van der Waals surface area contributed by atoms with Gasteiger partial charge in [0, 0.05) is 25.3 Å². The maximum absolute atomic E-state index is 8.90. The fraction of sp³-hybridized carbons (Fsp3) is 0.500.